The van der Waals surface area contributed by atoms with Gasteiger partial charge in [-0.15, -0.1) is 0 Å². The van der Waals surface area contributed by atoms with Crippen LogP contribution in [0, 0.1) is 11.3 Å². The lowest BCUT2D eigenvalue weighted by atomic mass is 10.1. The van der Waals surface area contributed by atoms with Gasteiger partial charge in [0, 0.05) is 12.3 Å². The minimum atomic E-state index is -3.00. The molecule has 226 valence electrons. The van der Waals surface area contributed by atoms with Gasteiger partial charge in [0.2, 0.25) is 0 Å². The zero-order chi connectivity index (χ0) is 29.7. The first kappa shape index (κ1) is 32.8. The summed E-state index contributed by atoms with van der Waals surface area (Å²) in [5.74, 6) is 0. The van der Waals surface area contributed by atoms with Crippen LogP contribution in [0.15, 0.2) is 21.9 Å². The Morgan fingerprint density at radius 3 is 2.25 bits per heavy atom. The van der Waals surface area contributed by atoms with Crippen LogP contribution in [0.25, 0.3) is 0 Å². The Morgan fingerprint density at radius 2 is 1.68 bits per heavy atom. The second kappa shape index (κ2) is 14.0. The molecule has 0 radical (unpaired) electrons. The fraction of sp³-hybridized carbons (Fsp3) is 0.808. The Morgan fingerprint density at radius 1 is 1.02 bits per heavy atom. The first-order chi connectivity index (χ1) is 18.9. The molecule has 2 aliphatic rings. The highest BCUT2D eigenvalue weighted by Gasteiger charge is 2.62. The summed E-state index contributed by atoms with van der Waals surface area (Å²) in [5, 5.41) is 8.67. The molecule has 14 heteroatoms. The van der Waals surface area contributed by atoms with E-state index >= 15 is 0 Å². The zero-order valence-corrected chi connectivity index (χ0v) is 26.9. The Bertz CT molecular complexity index is 1100. The third-order valence-electron chi connectivity index (χ3n) is 7.61. The van der Waals surface area contributed by atoms with Crippen molar-refractivity contribution in [2.24, 2.45) is 0 Å². The molecule has 12 nitrogen and oxygen atoms in total. The number of fused-ring (bicyclic) bond motifs is 1. The van der Waals surface area contributed by atoms with Crippen molar-refractivity contribution in [1.82, 2.24) is 9.55 Å². The topological polar surface area (TPSA) is 143 Å². The maximum absolute atomic E-state index is 12.8. The van der Waals surface area contributed by atoms with Gasteiger partial charge in [-0.05, 0) is 22.2 Å². The molecule has 0 spiro atoms. The minimum absolute atomic E-state index is 0.0622. The summed E-state index contributed by atoms with van der Waals surface area (Å²) in [6, 6.07) is 3.27. The van der Waals surface area contributed by atoms with Gasteiger partial charge in [0.05, 0.1) is 25.7 Å². The Kier molecular flexibility index (Phi) is 11.5. The average molecular weight is 600 g/mol. The SMILES string of the molecule is CC(C)[Si]1(C(C)C)OC[C@H]2O[C@@H](n3ccc(=O)[nH]c3=O)C(OCOCOCCC#N)[C@H]2O[Si](C(C)C)(C(C)C)O1. The number of nitriles is 1. The van der Waals surface area contributed by atoms with Gasteiger partial charge in [-0.2, -0.15) is 5.26 Å². The van der Waals surface area contributed by atoms with Gasteiger partial charge in [0.1, 0.15) is 31.9 Å². The van der Waals surface area contributed by atoms with Gasteiger partial charge >= 0.3 is 22.8 Å². The molecule has 2 saturated heterocycles. The average Bonchev–Trinajstić information content (AvgIpc) is 3.18. The van der Waals surface area contributed by atoms with E-state index in [0.717, 1.165) is 0 Å². The second-order valence-corrected chi connectivity index (χ2v) is 20.4. The third kappa shape index (κ3) is 6.85. The summed E-state index contributed by atoms with van der Waals surface area (Å²) in [5.41, 5.74) is -0.638. The lowest BCUT2D eigenvalue weighted by molar-refractivity contribution is -0.175. The number of hydrogen-bond donors (Lipinski definition) is 1. The number of aromatic nitrogens is 2. The number of nitrogens with one attached hydrogen (secondary N) is 1. The maximum Gasteiger partial charge on any atom is 0.335 e. The predicted molar refractivity (Wildman–Crippen MR) is 151 cm³/mol. The Labute approximate surface area is 238 Å². The van der Waals surface area contributed by atoms with Gasteiger partial charge in [-0.3, -0.25) is 14.3 Å². The standard InChI is InChI=1S/C26H45N3O9Si2/c1-17(2)39(18(3)4)35-14-21-23(37-40(38-39,19(5)6)20(7)8)24(34-16-33-15-32-13-9-11-27)25(36-21)29-12-10-22(30)28-26(29)31/h10,12,17-21,23-25H,9,13-16H2,1-8H3,(H,28,30,31)/t21-,23+,24?,25-/m1/s1. The second-order valence-electron chi connectivity index (χ2n) is 11.5. The van der Waals surface area contributed by atoms with Gasteiger partial charge in [0.15, 0.2) is 6.23 Å². The van der Waals surface area contributed by atoms with Crippen molar-refractivity contribution in [3.05, 3.63) is 33.1 Å². The van der Waals surface area contributed by atoms with E-state index < -0.39 is 52.9 Å². The quantitative estimate of drug-likeness (QED) is 0.215. The molecule has 2 fully saturated rings. The molecule has 1 N–H and O–H groups in total. The molecule has 3 heterocycles. The highest BCUT2D eigenvalue weighted by atomic mass is 28.5. The molecule has 4 atom stereocenters. The van der Waals surface area contributed by atoms with E-state index in [1.54, 1.807) is 0 Å². The fourth-order valence-electron chi connectivity index (χ4n) is 5.55. The van der Waals surface area contributed by atoms with Crippen LogP contribution >= 0.6 is 0 Å². The molecule has 3 rings (SSSR count). The van der Waals surface area contributed by atoms with Crippen molar-refractivity contribution >= 4 is 17.1 Å². The summed E-state index contributed by atoms with van der Waals surface area (Å²) in [7, 11) is -5.79. The summed E-state index contributed by atoms with van der Waals surface area (Å²) in [4.78, 5) is 26.9. The van der Waals surface area contributed by atoms with Crippen molar-refractivity contribution in [3.8, 4) is 6.07 Å². The number of aromatic amines is 1. The highest BCUT2D eigenvalue weighted by Crippen LogP contribution is 2.48. The van der Waals surface area contributed by atoms with E-state index in [1.807, 2.05) is 6.07 Å². The lowest BCUT2D eigenvalue weighted by Crippen LogP contribution is -2.66. The molecule has 40 heavy (non-hydrogen) atoms. The summed E-state index contributed by atoms with van der Waals surface area (Å²) >= 11 is 0. The third-order valence-corrected chi connectivity index (χ3v) is 17.9. The van der Waals surface area contributed by atoms with Crippen LogP contribution in [-0.2, 0) is 31.9 Å². The molecular weight excluding hydrogens is 554 g/mol. The molecular formula is C26H45N3O9Si2. The van der Waals surface area contributed by atoms with Crippen LogP contribution in [0.3, 0.4) is 0 Å². The van der Waals surface area contributed by atoms with Crippen LogP contribution in [0.4, 0.5) is 0 Å². The van der Waals surface area contributed by atoms with Crippen LogP contribution < -0.4 is 11.2 Å². The molecule has 0 aromatic carbocycles. The van der Waals surface area contributed by atoms with Crippen LogP contribution in [0.5, 0.6) is 0 Å². The summed E-state index contributed by atoms with van der Waals surface area (Å²) < 4.78 is 45.9. The maximum atomic E-state index is 12.8. The lowest BCUT2D eigenvalue weighted by Gasteiger charge is -2.51. The number of nitrogens with zero attached hydrogens (tertiary/aromatic N) is 2. The summed E-state index contributed by atoms with van der Waals surface area (Å²) in [6.07, 6.45) is -1.24. The van der Waals surface area contributed by atoms with E-state index in [4.69, 9.17) is 37.2 Å². The van der Waals surface area contributed by atoms with E-state index in [2.05, 4.69) is 60.4 Å². The molecule has 0 amide bonds. The van der Waals surface area contributed by atoms with E-state index in [-0.39, 0.29) is 55.4 Å². The Balaban J connectivity index is 2.01. The largest absolute Gasteiger partial charge is 0.414 e. The van der Waals surface area contributed by atoms with Crippen LogP contribution in [0.2, 0.25) is 22.2 Å². The van der Waals surface area contributed by atoms with Gasteiger partial charge < -0.3 is 31.9 Å². The molecule has 1 aromatic rings. The molecule has 0 saturated carbocycles. The number of ether oxygens (including phenoxy) is 4. The van der Waals surface area contributed by atoms with Crippen molar-refractivity contribution in [2.75, 3.05) is 26.8 Å². The normalized spacial score (nSPS) is 26.2. The number of H-pyrrole nitrogens is 1. The minimum Gasteiger partial charge on any atom is -0.414 e. The van der Waals surface area contributed by atoms with Crippen molar-refractivity contribution < 1.29 is 31.9 Å². The predicted octanol–water partition coefficient (Wildman–Crippen LogP) is 3.64. The van der Waals surface area contributed by atoms with E-state index in [0.29, 0.717) is 0 Å². The first-order valence-electron chi connectivity index (χ1n) is 14.0. The fourth-order valence-corrected chi connectivity index (χ4v) is 16.8. The number of rotatable bonds is 12. The molecule has 1 aromatic heterocycles. The van der Waals surface area contributed by atoms with Crippen LogP contribution in [-0.4, -0.2) is 71.8 Å². The molecule has 0 aliphatic carbocycles. The number of hydrogen-bond acceptors (Lipinski definition) is 10. The molecule has 2 aliphatic heterocycles. The monoisotopic (exact) mass is 599 g/mol. The first-order valence-corrected chi connectivity index (χ1v) is 18.0. The zero-order valence-electron chi connectivity index (χ0n) is 24.9. The van der Waals surface area contributed by atoms with E-state index in [9.17, 15) is 9.59 Å². The van der Waals surface area contributed by atoms with Gasteiger partial charge in [-0.1, -0.05) is 55.4 Å². The highest BCUT2D eigenvalue weighted by molar-refractivity contribution is 6.83. The Hall–Kier alpha value is -1.68. The summed E-state index contributed by atoms with van der Waals surface area (Å²) in [6.45, 7) is 17.3. The van der Waals surface area contributed by atoms with Gasteiger partial charge in [-0.25, -0.2) is 4.79 Å². The van der Waals surface area contributed by atoms with Crippen molar-refractivity contribution in [3.63, 3.8) is 0 Å². The van der Waals surface area contributed by atoms with Crippen LogP contribution in [0.1, 0.15) is 68.0 Å². The van der Waals surface area contributed by atoms with Crippen molar-refractivity contribution in [2.45, 2.75) is 109 Å². The van der Waals surface area contributed by atoms with Crippen molar-refractivity contribution in [1.29, 1.82) is 5.26 Å². The molecule has 1 unspecified atom stereocenters. The van der Waals surface area contributed by atoms with E-state index in [1.165, 1.54) is 16.8 Å². The van der Waals surface area contributed by atoms with Gasteiger partial charge in [0.25, 0.3) is 5.56 Å². The smallest absolute Gasteiger partial charge is 0.335 e. The molecule has 0 bridgehead atoms.